The van der Waals surface area contributed by atoms with Crippen molar-refractivity contribution in [3.05, 3.63) is 45.1 Å². The van der Waals surface area contributed by atoms with Gasteiger partial charge in [0.1, 0.15) is 6.61 Å². The van der Waals surface area contributed by atoms with E-state index >= 15 is 0 Å². The lowest BCUT2D eigenvalue weighted by Gasteiger charge is -2.29. The second-order valence-corrected chi connectivity index (χ2v) is 5.47. The number of benzene rings is 1. The minimum absolute atomic E-state index is 0.192. The minimum Gasteiger partial charge on any atom is -0.486 e. The van der Waals surface area contributed by atoms with Crippen molar-refractivity contribution in [1.82, 2.24) is 14.3 Å². The number of hydrogen-bond acceptors (Lipinski definition) is 6. The van der Waals surface area contributed by atoms with Crippen LogP contribution in [0.1, 0.15) is 0 Å². The summed E-state index contributed by atoms with van der Waals surface area (Å²) in [5, 5.41) is 4.04. The van der Waals surface area contributed by atoms with Crippen LogP contribution in [-0.2, 0) is 14.1 Å². The third-order valence-corrected chi connectivity index (χ3v) is 3.71. The number of aromatic nitrogens is 3. The van der Waals surface area contributed by atoms with Crippen LogP contribution in [0.15, 0.2) is 33.9 Å². The number of nitrogens with zero attached hydrogens (tertiary/aromatic N) is 4. The van der Waals surface area contributed by atoms with E-state index in [0.717, 1.165) is 9.25 Å². The number of hydrogen-bond donors (Lipinski definition) is 0. The first-order valence-corrected chi connectivity index (χ1v) is 7.21. The van der Waals surface area contributed by atoms with E-state index in [2.05, 4.69) is 5.10 Å². The molecule has 23 heavy (non-hydrogen) atoms. The Balaban J connectivity index is 1.80. The number of rotatable bonds is 3. The van der Waals surface area contributed by atoms with E-state index in [9.17, 15) is 9.59 Å². The maximum atomic E-state index is 12.2. The van der Waals surface area contributed by atoms with Crippen molar-refractivity contribution in [2.75, 3.05) is 25.1 Å². The molecule has 8 nitrogen and oxygen atoms in total. The van der Waals surface area contributed by atoms with Gasteiger partial charge in [0.2, 0.25) is 5.82 Å². The Bertz CT molecular complexity index is 842. The van der Waals surface area contributed by atoms with Gasteiger partial charge in [0.25, 0.3) is 5.56 Å². The Morgan fingerprint density at radius 1 is 1.26 bits per heavy atom. The van der Waals surface area contributed by atoms with Crippen LogP contribution in [0.3, 0.4) is 0 Å². The van der Waals surface area contributed by atoms with Crippen LogP contribution in [0.5, 0.6) is 11.5 Å². The standard InChI is InChI=1S/C15H18N4O4/c1-17(13-14(20)18(2)15(21)19(3)16-13)8-10-9-22-11-6-4-5-7-12(11)23-10/h4-7,10H,8-9H2,1-3H3/t10-/m1/s1. The summed E-state index contributed by atoms with van der Waals surface area (Å²) in [6.07, 6.45) is -0.237. The summed E-state index contributed by atoms with van der Waals surface area (Å²) in [4.78, 5) is 25.6. The SMILES string of the molecule is CN(C[C@@H]1COc2ccccc2O1)c1nn(C)c(=O)n(C)c1=O. The molecule has 0 N–H and O–H groups in total. The van der Waals surface area contributed by atoms with E-state index in [0.29, 0.717) is 24.7 Å². The second kappa shape index (κ2) is 5.79. The normalized spacial score (nSPS) is 16.2. The van der Waals surface area contributed by atoms with Crippen LogP contribution in [0.2, 0.25) is 0 Å². The fourth-order valence-corrected chi connectivity index (χ4v) is 2.47. The molecule has 0 radical (unpaired) electrons. The summed E-state index contributed by atoms with van der Waals surface area (Å²) in [5.74, 6) is 1.58. The lowest BCUT2D eigenvalue weighted by atomic mass is 10.2. The highest BCUT2D eigenvalue weighted by atomic mass is 16.6. The third kappa shape index (κ3) is 2.79. The molecule has 3 rings (SSSR count). The summed E-state index contributed by atoms with van der Waals surface area (Å²) in [6.45, 7) is 0.794. The Hall–Kier alpha value is -2.77. The highest BCUT2D eigenvalue weighted by Crippen LogP contribution is 2.31. The van der Waals surface area contributed by atoms with Crippen LogP contribution in [0.4, 0.5) is 5.82 Å². The predicted molar refractivity (Wildman–Crippen MR) is 84.3 cm³/mol. The quantitative estimate of drug-likeness (QED) is 0.777. The summed E-state index contributed by atoms with van der Waals surface area (Å²) in [5.41, 5.74) is -0.897. The average molecular weight is 318 g/mol. The summed E-state index contributed by atoms with van der Waals surface area (Å²) in [7, 11) is 4.67. The Morgan fingerprint density at radius 3 is 2.70 bits per heavy atom. The van der Waals surface area contributed by atoms with E-state index in [1.807, 2.05) is 24.3 Å². The van der Waals surface area contributed by atoms with Gasteiger partial charge in [0.15, 0.2) is 17.6 Å². The first kappa shape index (κ1) is 15.1. The fraction of sp³-hybridized carbons (Fsp3) is 0.400. The molecule has 8 heteroatoms. The van der Waals surface area contributed by atoms with E-state index < -0.39 is 11.2 Å². The van der Waals surface area contributed by atoms with E-state index in [1.165, 1.54) is 14.1 Å². The second-order valence-electron chi connectivity index (χ2n) is 5.47. The molecule has 2 aromatic rings. The van der Waals surface area contributed by atoms with Crippen LogP contribution in [0, 0.1) is 0 Å². The number of likely N-dealkylation sites (N-methyl/N-ethyl adjacent to an activating group) is 1. The highest BCUT2D eigenvalue weighted by molar-refractivity contribution is 5.41. The van der Waals surface area contributed by atoms with Gasteiger partial charge in [-0.05, 0) is 12.1 Å². The van der Waals surface area contributed by atoms with E-state index in [1.54, 1.807) is 11.9 Å². The van der Waals surface area contributed by atoms with Crippen molar-refractivity contribution in [1.29, 1.82) is 0 Å². The summed E-state index contributed by atoms with van der Waals surface area (Å²) in [6, 6.07) is 7.44. The summed E-state index contributed by atoms with van der Waals surface area (Å²) < 4.78 is 13.7. The van der Waals surface area contributed by atoms with Crippen molar-refractivity contribution >= 4 is 5.82 Å². The molecule has 1 aliphatic heterocycles. The molecule has 0 aliphatic carbocycles. The fourth-order valence-electron chi connectivity index (χ4n) is 2.47. The van der Waals surface area contributed by atoms with Crippen LogP contribution in [-0.4, -0.2) is 40.7 Å². The zero-order chi connectivity index (χ0) is 16.6. The highest BCUT2D eigenvalue weighted by Gasteiger charge is 2.24. The minimum atomic E-state index is -0.460. The van der Waals surface area contributed by atoms with Gasteiger partial charge in [-0.15, -0.1) is 5.10 Å². The van der Waals surface area contributed by atoms with Gasteiger partial charge in [-0.1, -0.05) is 12.1 Å². The molecule has 0 saturated carbocycles. The predicted octanol–water partition coefficient (Wildman–Crippen LogP) is -0.245. The molecule has 0 saturated heterocycles. The zero-order valence-electron chi connectivity index (χ0n) is 13.2. The van der Waals surface area contributed by atoms with Crippen molar-refractivity contribution in [3.63, 3.8) is 0 Å². The average Bonchev–Trinajstić information content (AvgIpc) is 2.56. The molecule has 0 amide bonds. The lowest BCUT2D eigenvalue weighted by Crippen LogP contribution is -2.45. The van der Waals surface area contributed by atoms with Crippen molar-refractivity contribution in [3.8, 4) is 11.5 Å². The number of para-hydroxylation sites is 2. The summed E-state index contributed by atoms with van der Waals surface area (Å²) >= 11 is 0. The molecule has 0 spiro atoms. The van der Waals surface area contributed by atoms with Gasteiger partial charge < -0.3 is 14.4 Å². The maximum Gasteiger partial charge on any atom is 0.346 e. The van der Waals surface area contributed by atoms with Gasteiger partial charge in [0.05, 0.1) is 6.54 Å². The van der Waals surface area contributed by atoms with E-state index in [-0.39, 0.29) is 11.9 Å². The van der Waals surface area contributed by atoms with Gasteiger partial charge >= 0.3 is 5.69 Å². The molecule has 1 aliphatic rings. The third-order valence-electron chi connectivity index (χ3n) is 3.71. The monoisotopic (exact) mass is 318 g/mol. The molecule has 2 heterocycles. The Labute approximate surface area is 132 Å². The molecule has 122 valence electrons. The zero-order valence-corrected chi connectivity index (χ0v) is 13.2. The Morgan fingerprint density at radius 2 is 1.96 bits per heavy atom. The number of fused-ring (bicyclic) bond motifs is 1. The van der Waals surface area contributed by atoms with Gasteiger partial charge in [0, 0.05) is 21.1 Å². The first-order chi connectivity index (χ1) is 11.0. The molecule has 1 aromatic carbocycles. The topological polar surface area (TPSA) is 78.6 Å². The maximum absolute atomic E-state index is 12.2. The first-order valence-electron chi connectivity index (χ1n) is 7.21. The van der Waals surface area contributed by atoms with Crippen molar-refractivity contribution in [2.24, 2.45) is 14.1 Å². The molecule has 0 fully saturated rings. The van der Waals surface area contributed by atoms with Gasteiger partial charge in [-0.2, -0.15) is 0 Å². The van der Waals surface area contributed by atoms with Crippen LogP contribution in [0.25, 0.3) is 0 Å². The molecule has 1 aromatic heterocycles. The number of ether oxygens (including phenoxy) is 2. The lowest BCUT2D eigenvalue weighted by molar-refractivity contribution is 0.0958. The molecule has 0 bridgehead atoms. The smallest absolute Gasteiger partial charge is 0.346 e. The Kier molecular flexibility index (Phi) is 3.81. The van der Waals surface area contributed by atoms with E-state index in [4.69, 9.17) is 9.47 Å². The van der Waals surface area contributed by atoms with Crippen LogP contribution >= 0.6 is 0 Å². The van der Waals surface area contributed by atoms with Crippen molar-refractivity contribution in [2.45, 2.75) is 6.10 Å². The molecule has 0 unspecified atom stereocenters. The van der Waals surface area contributed by atoms with Crippen molar-refractivity contribution < 1.29 is 9.47 Å². The van der Waals surface area contributed by atoms with Gasteiger partial charge in [-0.3, -0.25) is 9.36 Å². The van der Waals surface area contributed by atoms with Crippen LogP contribution < -0.4 is 25.6 Å². The van der Waals surface area contributed by atoms with Gasteiger partial charge in [-0.25, -0.2) is 9.48 Å². The largest absolute Gasteiger partial charge is 0.486 e. The number of anilines is 1. The molecular formula is C15H18N4O4. The molecular weight excluding hydrogens is 300 g/mol. The number of aryl methyl sites for hydroxylation is 1. The molecule has 1 atom stereocenters.